The molecule has 2 heterocycles. The van der Waals surface area contributed by atoms with Crippen LogP contribution in [0, 0.1) is 25.8 Å². The Morgan fingerprint density at radius 1 is 0.943 bits per heavy atom. The summed E-state index contributed by atoms with van der Waals surface area (Å²) in [4.78, 5) is 3.59. The molecule has 174 valence electrons. The zero-order chi connectivity index (χ0) is 32.8. The highest BCUT2D eigenvalue weighted by Crippen LogP contribution is 2.44. The van der Waals surface area contributed by atoms with E-state index in [0.717, 1.165) is 5.56 Å². The first-order valence-corrected chi connectivity index (χ1v) is 11.3. The molecule has 5 aromatic rings. The van der Waals surface area contributed by atoms with Crippen LogP contribution in [0.1, 0.15) is 49.9 Å². The van der Waals surface area contributed by atoms with Crippen molar-refractivity contribution in [2.45, 2.75) is 41.0 Å². The van der Waals surface area contributed by atoms with E-state index < -0.39 is 42.0 Å². The number of nitrogens with zero attached hydrogens (tertiary/aromatic N) is 2. The molecule has 0 N–H and O–H groups in total. The summed E-state index contributed by atoms with van der Waals surface area (Å²) >= 11 is 0. The molecule has 0 spiro atoms. The molecule has 0 bridgehead atoms. The minimum absolute atomic E-state index is 0.0538. The maximum atomic E-state index is 9.10. The second kappa shape index (κ2) is 8.40. The lowest BCUT2D eigenvalue weighted by Crippen LogP contribution is -2.36. The van der Waals surface area contributed by atoms with Gasteiger partial charge in [-0.05, 0) is 35.9 Å². The number of benzene rings is 3. The van der Waals surface area contributed by atoms with E-state index in [-0.39, 0.29) is 40.0 Å². The fourth-order valence-electron chi connectivity index (χ4n) is 4.35. The van der Waals surface area contributed by atoms with E-state index in [1.165, 1.54) is 6.07 Å². The molecule has 0 unspecified atom stereocenters. The lowest BCUT2D eigenvalue weighted by Gasteiger charge is -2.19. The van der Waals surface area contributed by atoms with Gasteiger partial charge in [-0.25, -0.2) is 4.85 Å². The van der Waals surface area contributed by atoms with Gasteiger partial charge in [0.05, 0.1) is 21.7 Å². The van der Waals surface area contributed by atoms with E-state index in [4.69, 9.17) is 23.3 Å². The third kappa shape index (κ3) is 3.90. The SMILES string of the molecule is [2H]c1c([2H])c([2H])c(-c2c([N+]#[C-])ccc3c2oc2c(-c4c([2H])c([2H])c(C([2H])([2H])C(C)(C)C)c(C)[n+]4C)c(C)ccc23)c([2H])c1[2H]. The Morgan fingerprint density at radius 2 is 1.60 bits per heavy atom. The maximum Gasteiger partial charge on any atom is 0.216 e. The Labute approximate surface area is 220 Å². The van der Waals surface area contributed by atoms with Crippen molar-refractivity contribution in [3.63, 3.8) is 0 Å². The predicted molar refractivity (Wildman–Crippen MR) is 145 cm³/mol. The Bertz CT molecular complexity index is 2040. The van der Waals surface area contributed by atoms with Gasteiger partial charge in [0, 0.05) is 37.6 Å². The first-order chi connectivity index (χ1) is 20.4. The van der Waals surface area contributed by atoms with Crippen LogP contribution in [-0.2, 0) is 13.4 Å². The second-order valence-corrected chi connectivity index (χ2v) is 9.68. The van der Waals surface area contributed by atoms with E-state index in [1.807, 2.05) is 19.1 Å². The van der Waals surface area contributed by atoms with E-state index in [2.05, 4.69) is 4.85 Å². The largest absolute Gasteiger partial charge is 0.456 e. The van der Waals surface area contributed by atoms with Crippen LogP contribution in [0.5, 0.6) is 0 Å². The summed E-state index contributed by atoms with van der Waals surface area (Å²) in [6.07, 6.45) is -1.91. The first-order valence-electron chi connectivity index (χ1n) is 15.8. The van der Waals surface area contributed by atoms with Crippen molar-refractivity contribution in [2.75, 3.05) is 0 Å². The molecule has 2 aromatic heterocycles. The normalized spacial score (nSPS) is 15.9. The molecule has 5 rings (SSSR count). The zero-order valence-electron chi connectivity index (χ0n) is 29.6. The van der Waals surface area contributed by atoms with E-state index >= 15 is 0 Å². The molecule has 3 nitrogen and oxygen atoms in total. The highest BCUT2D eigenvalue weighted by atomic mass is 16.3. The van der Waals surface area contributed by atoms with Crippen LogP contribution >= 0.6 is 0 Å². The van der Waals surface area contributed by atoms with Gasteiger partial charge in [0.15, 0.2) is 11.4 Å². The Hall–Kier alpha value is -3.90. The van der Waals surface area contributed by atoms with Crippen LogP contribution in [0.2, 0.25) is 0 Å². The third-order valence-corrected chi connectivity index (χ3v) is 6.11. The number of pyridine rings is 1. The highest BCUT2D eigenvalue weighted by Gasteiger charge is 2.25. The van der Waals surface area contributed by atoms with Gasteiger partial charge in [-0.2, -0.15) is 4.57 Å². The first kappa shape index (κ1) is 14.5. The molecule has 0 amide bonds. The molecule has 0 aliphatic carbocycles. The lowest BCUT2D eigenvalue weighted by atomic mass is 9.87. The van der Waals surface area contributed by atoms with Gasteiger partial charge < -0.3 is 4.42 Å². The Kier molecular flexibility index (Phi) is 3.48. The van der Waals surface area contributed by atoms with Crippen LogP contribution in [0.15, 0.2) is 71.0 Å². The minimum Gasteiger partial charge on any atom is -0.456 e. The summed E-state index contributed by atoms with van der Waals surface area (Å²) in [5.41, 5.74) is 1.85. The fourth-order valence-corrected chi connectivity index (χ4v) is 4.35. The van der Waals surface area contributed by atoms with Crippen LogP contribution in [0.3, 0.4) is 0 Å². The monoisotopic (exact) mass is 468 g/mol. The smallest absolute Gasteiger partial charge is 0.216 e. The van der Waals surface area contributed by atoms with E-state index in [0.29, 0.717) is 33.3 Å². The van der Waals surface area contributed by atoms with Crippen molar-refractivity contribution in [1.29, 1.82) is 0 Å². The third-order valence-electron chi connectivity index (χ3n) is 6.11. The van der Waals surface area contributed by atoms with Crippen molar-refractivity contribution in [2.24, 2.45) is 12.5 Å². The number of hydrogen-bond acceptors (Lipinski definition) is 1. The van der Waals surface area contributed by atoms with Gasteiger partial charge in [0.2, 0.25) is 5.69 Å². The van der Waals surface area contributed by atoms with Gasteiger partial charge in [0.1, 0.15) is 18.2 Å². The molecule has 0 radical (unpaired) electrons. The Morgan fingerprint density at radius 3 is 2.26 bits per heavy atom. The van der Waals surface area contributed by atoms with Crippen molar-refractivity contribution in [3.8, 4) is 22.4 Å². The molecule has 0 fully saturated rings. The predicted octanol–water partition coefficient (Wildman–Crippen LogP) is 8.50. The van der Waals surface area contributed by atoms with Gasteiger partial charge in [-0.15, -0.1) is 0 Å². The average molecular weight is 469 g/mol. The van der Waals surface area contributed by atoms with Crippen LogP contribution in [-0.4, -0.2) is 0 Å². The van der Waals surface area contributed by atoms with Gasteiger partial charge in [-0.1, -0.05) is 75.2 Å². The van der Waals surface area contributed by atoms with Crippen LogP contribution in [0.25, 0.3) is 49.2 Å². The number of fused-ring (bicyclic) bond motifs is 3. The topological polar surface area (TPSA) is 21.4 Å². The number of hydrogen-bond donors (Lipinski definition) is 0. The number of aromatic nitrogens is 1. The molecule has 0 saturated heterocycles. The lowest BCUT2D eigenvalue weighted by molar-refractivity contribution is -0.667. The Balaban J connectivity index is 1.94. The van der Waals surface area contributed by atoms with Crippen molar-refractivity contribution < 1.29 is 21.3 Å². The summed E-state index contributed by atoms with van der Waals surface area (Å²) in [5.74, 6) is 0. The molecule has 0 saturated carbocycles. The number of rotatable bonds is 3. The van der Waals surface area contributed by atoms with Crippen LogP contribution in [0.4, 0.5) is 5.69 Å². The van der Waals surface area contributed by atoms with Crippen molar-refractivity contribution in [1.82, 2.24) is 0 Å². The number of aryl methyl sites for hydroxylation is 1. The molecular weight excluding hydrogens is 428 g/mol. The van der Waals surface area contributed by atoms with E-state index in [1.54, 1.807) is 45.4 Å². The molecular formula is C32H31N2O+. The average Bonchev–Trinajstić information content (AvgIpc) is 3.33. The molecule has 0 atom stereocenters. The highest BCUT2D eigenvalue weighted by molar-refractivity contribution is 6.15. The molecule has 0 aliphatic rings. The minimum atomic E-state index is -1.91. The maximum absolute atomic E-state index is 9.10. The summed E-state index contributed by atoms with van der Waals surface area (Å²) in [7, 11) is 1.72. The molecule has 0 aliphatic heterocycles. The summed E-state index contributed by atoms with van der Waals surface area (Å²) < 4.78 is 85.6. The fraction of sp³-hybridized carbons (Fsp3) is 0.250. The summed E-state index contributed by atoms with van der Waals surface area (Å²) in [6, 6.07) is 3.99. The standard InChI is InChI=1S/C32H31N2O/c1-20-13-15-24-25-16-17-26(33-6)29(22-11-9-8-10-12-22)31(25)35-30(24)28(20)27-18-14-23(19-32(3,4)5)21(2)34(27)7/h8-18H,19H2,1-5,7H3/q+1/i8D,9D,10D,11D,12D,14D,18D,19D2. The van der Waals surface area contributed by atoms with Crippen molar-refractivity contribution in [3.05, 3.63) is 94.8 Å². The summed E-state index contributed by atoms with van der Waals surface area (Å²) in [5, 5.41) is 1.16. The quantitative estimate of drug-likeness (QED) is 0.192. The van der Waals surface area contributed by atoms with Crippen molar-refractivity contribution >= 4 is 27.6 Å². The summed E-state index contributed by atoms with van der Waals surface area (Å²) in [6.45, 7) is 16.7. The van der Waals surface area contributed by atoms with Crippen LogP contribution < -0.4 is 4.57 Å². The number of furan rings is 1. The molecule has 35 heavy (non-hydrogen) atoms. The van der Waals surface area contributed by atoms with Gasteiger partial charge >= 0.3 is 0 Å². The van der Waals surface area contributed by atoms with Gasteiger partial charge in [-0.3, -0.25) is 0 Å². The zero-order valence-corrected chi connectivity index (χ0v) is 20.6. The molecule has 3 heteroatoms. The second-order valence-electron chi connectivity index (χ2n) is 9.68. The van der Waals surface area contributed by atoms with Gasteiger partial charge in [0.25, 0.3) is 0 Å². The molecule has 3 aromatic carbocycles. The van der Waals surface area contributed by atoms with E-state index in [9.17, 15) is 0 Å².